The molecule has 0 saturated carbocycles. The Kier molecular flexibility index (Phi) is 7.67. The molecule has 0 aliphatic carbocycles. The van der Waals surface area contributed by atoms with Crippen LogP contribution >= 0.6 is 0 Å². The molecule has 1 atom stereocenters. The van der Waals surface area contributed by atoms with Gasteiger partial charge in [-0.05, 0) is 18.4 Å². The summed E-state index contributed by atoms with van der Waals surface area (Å²) in [5.74, 6) is 0.560. The second-order valence-electron chi connectivity index (χ2n) is 6.93. The van der Waals surface area contributed by atoms with E-state index in [1.807, 2.05) is 11.0 Å². The van der Waals surface area contributed by atoms with Crippen LogP contribution in [0.5, 0.6) is 5.88 Å². The van der Waals surface area contributed by atoms with Crippen molar-refractivity contribution in [3.63, 3.8) is 0 Å². The molecule has 2 aliphatic heterocycles. The molecular formula is C19H30N4O4. The Bertz CT molecular complexity index is 570. The van der Waals surface area contributed by atoms with E-state index in [-0.39, 0.29) is 6.03 Å². The lowest BCUT2D eigenvalue weighted by Gasteiger charge is -2.35. The second kappa shape index (κ2) is 10.4. The number of ether oxygens (including phenoxy) is 3. The lowest BCUT2D eigenvalue weighted by molar-refractivity contribution is 0.0561. The number of carbonyl (C=O) groups excluding carboxylic acids is 1. The van der Waals surface area contributed by atoms with Crippen molar-refractivity contribution in [2.75, 3.05) is 59.7 Å². The van der Waals surface area contributed by atoms with E-state index in [0.29, 0.717) is 31.7 Å². The Hall–Kier alpha value is -1.90. The first-order valence-corrected chi connectivity index (χ1v) is 9.68. The minimum Gasteiger partial charge on any atom is -0.475 e. The number of carbonyl (C=O) groups is 1. The molecule has 2 saturated heterocycles. The predicted octanol–water partition coefficient (Wildman–Crippen LogP) is 1.11. The Morgan fingerprint density at radius 3 is 2.81 bits per heavy atom. The highest BCUT2D eigenvalue weighted by atomic mass is 16.5. The van der Waals surface area contributed by atoms with Gasteiger partial charge in [0.25, 0.3) is 0 Å². The minimum atomic E-state index is -0.0211. The molecule has 2 fully saturated rings. The first kappa shape index (κ1) is 19.9. The average Bonchev–Trinajstić information content (AvgIpc) is 3.21. The quantitative estimate of drug-likeness (QED) is 0.683. The summed E-state index contributed by atoms with van der Waals surface area (Å²) in [4.78, 5) is 20.9. The third kappa shape index (κ3) is 6.34. The highest BCUT2D eigenvalue weighted by Gasteiger charge is 2.24. The summed E-state index contributed by atoms with van der Waals surface area (Å²) in [7, 11) is 1.63. The fourth-order valence-electron chi connectivity index (χ4n) is 3.33. The second-order valence-corrected chi connectivity index (χ2v) is 6.93. The molecule has 0 bridgehead atoms. The lowest BCUT2D eigenvalue weighted by atomic mass is 10.2. The van der Waals surface area contributed by atoms with Gasteiger partial charge < -0.3 is 24.4 Å². The largest absolute Gasteiger partial charge is 0.475 e. The van der Waals surface area contributed by atoms with Crippen molar-refractivity contribution in [2.45, 2.75) is 25.5 Å². The number of amides is 2. The topological polar surface area (TPSA) is 76.2 Å². The first-order chi connectivity index (χ1) is 13.2. The SMILES string of the molecule is COCCOc1ccc(CNC(=O)N2CCN(C[C@H]3CCCO3)CC2)cn1. The van der Waals surface area contributed by atoms with Crippen molar-refractivity contribution in [3.05, 3.63) is 23.9 Å². The summed E-state index contributed by atoms with van der Waals surface area (Å²) in [6.45, 7) is 6.65. The van der Waals surface area contributed by atoms with Crippen LogP contribution in [0.3, 0.4) is 0 Å². The molecule has 8 nitrogen and oxygen atoms in total. The van der Waals surface area contributed by atoms with Crippen molar-refractivity contribution in [1.82, 2.24) is 20.1 Å². The van der Waals surface area contributed by atoms with E-state index in [1.165, 1.54) is 6.42 Å². The monoisotopic (exact) mass is 378 g/mol. The normalized spacial score (nSPS) is 20.6. The Morgan fingerprint density at radius 2 is 2.15 bits per heavy atom. The molecule has 3 rings (SSSR count). The Labute approximate surface area is 160 Å². The molecule has 0 radical (unpaired) electrons. The van der Waals surface area contributed by atoms with Gasteiger partial charge in [0.15, 0.2) is 0 Å². The van der Waals surface area contributed by atoms with Crippen LogP contribution in [-0.4, -0.2) is 86.6 Å². The van der Waals surface area contributed by atoms with E-state index >= 15 is 0 Å². The maximum atomic E-state index is 12.4. The summed E-state index contributed by atoms with van der Waals surface area (Å²) in [6, 6.07) is 3.70. The van der Waals surface area contributed by atoms with Gasteiger partial charge >= 0.3 is 6.03 Å². The summed E-state index contributed by atoms with van der Waals surface area (Å²) in [5.41, 5.74) is 0.944. The average molecular weight is 378 g/mol. The van der Waals surface area contributed by atoms with Gasteiger partial charge in [0, 0.05) is 65.2 Å². The molecule has 27 heavy (non-hydrogen) atoms. The van der Waals surface area contributed by atoms with Crippen LogP contribution in [0.2, 0.25) is 0 Å². The van der Waals surface area contributed by atoms with Gasteiger partial charge in [-0.25, -0.2) is 9.78 Å². The molecule has 8 heteroatoms. The Morgan fingerprint density at radius 1 is 1.30 bits per heavy atom. The summed E-state index contributed by atoms with van der Waals surface area (Å²) in [6.07, 6.45) is 4.43. The van der Waals surface area contributed by atoms with E-state index < -0.39 is 0 Å². The number of pyridine rings is 1. The Balaban J connectivity index is 1.34. The molecule has 0 unspecified atom stereocenters. The fraction of sp³-hybridized carbons (Fsp3) is 0.684. The first-order valence-electron chi connectivity index (χ1n) is 9.68. The standard InChI is InChI=1S/C19H30N4O4/c1-25-11-12-27-18-5-4-16(13-20-18)14-21-19(24)23-8-6-22(7-9-23)15-17-3-2-10-26-17/h4-5,13,17H,2-3,6-12,14-15H2,1H3,(H,21,24)/t17-/m1/s1. The van der Waals surface area contributed by atoms with Gasteiger partial charge in [-0.2, -0.15) is 0 Å². The zero-order valence-electron chi connectivity index (χ0n) is 16.1. The molecular weight excluding hydrogens is 348 g/mol. The van der Waals surface area contributed by atoms with Crippen molar-refractivity contribution in [2.24, 2.45) is 0 Å². The molecule has 1 aromatic rings. The number of piperazine rings is 1. The van der Waals surface area contributed by atoms with Crippen LogP contribution in [0, 0.1) is 0 Å². The zero-order chi connectivity index (χ0) is 18.9. The molecule has 3 heterocycles. The number of nitrogens with one attached hydrogen (secondary N) is 1. The van der Waals surface area contributed by atoms with Crippen molar-refractivity contribution in [1.29, 1.82) is 0 Å². The van der Waals surface area contributed by atoms with Gasteiger partial charge in [0.2, 0.25) is 5.88 Å². The van der Waals surface area contributed by atoms with Crippen molar-refractivity contribution >= 4 is 6.03 Å². The van der Waals surface area contributed by atoms with Gasteiger partial charge in [0.05, 0.1) is 12.7 Å². The van der Waals surface area contributed by atoms with Gasteiger partial charge in [-0.3, -0.25) is 4.90 Å². The maximum Gasteiger partial charge on any atom is 0.317 e. The number of hydrogen-bond donors (Lipinski definition) is 1. The smallest absolute Gasteiger partial charge is 0.317 e. The van der Waals surface area contributed by atoms with E-state index in [4.69, 9.17) is 14.2 Å². The molecule has 1 N–H and O–H groups in total. The van der Waals surface area contributed by atoms with Crippen LogP contribution in [0.4, 0.5) is 4.79 Å². The maximum absolute atomic E-state index is 12.4. The number of aromatic nitrogens is 1. The van der Waals surface area contributed by atoms with E-state index in [9.17, 15) is 4.79 Å². The van der Waals surface area contributed by atoms with Crippen LogP contribution in [0.1, 0.15) is 18.4 Å². The molecule has 0 aromatic carbocycles. The van der Waals surface area contributed by atoms with Crippen molar-refractivity contribution < 1.29 is 19.0 Å². The summed E-state index contributed by atoms with van der Waals surface area (Å²) >= 11 is 0. The lowest BCUT2D eigenvalue weighted by Crippen LogP contribution is -2.52. The number of hydrogen-bond acceptors (Lipinski definition) is 6. The summed E-state index contributed by atoms with van der Waals surface area (Å²) < 4.78 is 16.1. The summed E-state index contributed by atoms with van der Waals surface area (Å²) in [5, 5.41) is 2.97. The highest BCUT2D eigenvalue weighted by molar-refractivity contribution is 5.74. The third-order valence-corrected chi connectivity index (χ3v) is 4.92. The zero-order valence-corrected chi connectivity index (χ0v) is 16.1. The van der Waals surface area contributed by atoms with E-state index in [2.05, 4.69) is 15.2 Å². The van der Waals surface area contributed by atoms with Crippen LogP contribution < -0.4 is 10.1 Å². The van der Waals surface area contributed by atoms with Crippen LogP contribution in [-0.2, 0) is 16.0 Å². The minimum absolute atomic E-state index is 0.0211. The van der Waals surface area contributed by atoms with Crippen molar-refractivity contribution in [3.8, 4) is 5.88 Å². The predicted molar refractivity (Wildman–Crippen MR) is 101 cm³/mol. The molecule has 150 valence electrons. The van der Waals surface area contributed by atoms with Gasteiger partial charge in [0.1, 0.15) is 6.61 Å². The molecule has 2 amide bonds. The fourth-order valence-corrected chi connectivity index (χ4v) is 3.33. The third-order valence-electron chi connectivity index (χ3n) is 4.92. The number of methoxy groups -OCH3 is 1. The number of nitrogens with zero attached hydrogens (tertiary/aromatic N) is 3. The molecule has 0 spiro atoms. The molecule has 2 aliphatic rings. The van der Waals surface area contributed by atoms with Crippen LogP contribution in [0.25, 0.3) is 0 Å². The van der Waals surface area contributed by atoms with E-state index in [1.54, 1.807) is 19.4 Å². The van der Waals surface area contributed by atoms with Gasteiger partial charge in [-0.1, -0.05) is 6.07 Å². The highest BCUT2D eigenvalue weighted by Crippen LogP contribution is 2.14. The number of rotatable bonds is 8. The van der Waals surface area contributed by atoms with Gasteiger partial charge in [-0.15, -0.1) is 0 Å². The molecule has 1 aromatic heterocycles. The van der Waals surface area contributed by atoms with E-state index in [0.717, 1.165) is 51.3 Å². The van der Waals surface area contributed by atoms with Crippen LogP contribution in [0.15, 0.2) is 18.3 Å². The number of urea groups is 1.